The molecule has 0 spiro atoms. The second-order valence-electron chi connectivity index (χ2n) is 7.68. The monoisotopic (exact) mass is 555 g/mol. The van der Waals surface area contributed by atoms with Crippen LogP contribution in [0.4, 0.5) is 0 Å². The van der Waals surface area contributed by atoms with Crippen molar-refractivity contribution in [1.82, 2.24) is 5.32 Å². The molecule has 1 N–H and O–H groups in total. The minimum atomic E-state index is -0.253. The number of hydrogen-bond donors (Lipinski definition) is 1. The van der Waals surface area contributed by atoms with Gasteiger partial charge in [-0.1, -0.05) is 48.5 Å². The predicted molar refractivity (Wildman–Crippen MR) is 137 cm³/mol. The van der Waals surface area contributed by atoms with E-state index in [1.807, 2.05) is 42.5 Å². The molecule has 0 amide bonds. The Balaban J connectivity index is 1.41. The summed E-state index contributed by atoms with van der Waals surface area (Å²) in [6.45, 7) is 4.03. The fourth-order valence-electron chi connectivity index (χ4n) is 3.64. The van der Waals surface area contributed by atoms with E-state index in [-0.39, 0.29) is 12.4 Å². The third-order valence-electron chi connectivity index (χ3n) is 5.16. The zero-order valence-corrected chi connectivity index (χ0v) is 20.6. The van der Waals surface area contributed by atoms with Crippen molar-refractivity contribution in [2.24, 2.45) is 0 Å². The van der Waals surface area contributed by atoms with Crippen LogP contribution in [0.5, 0.6) is 5.75 Å². The zero-order valence-electron chi connectivity index (χ0n) is 18.5. The van der Waals surface area contributed by atoms with Crippen LogP contribution in [0.3, 0.4) is 0 Å². The normalized spacial score (nSPS) is 11.0. The Morgan fingerprint density at radius 2 is 1.76 bits per heavy atom. The van der Waals surface area contributed by atoms with Crippen LogP contribution in [0.15, 0.2) is 77.2 Å². The second kappa shape index (κ2) is 11.3. The topological polar surface area (TPSA) is 60.7 Å². The molecule has 4 rings (SSSR count). The number of hydrogen-bond acceptors (Lipinski definition) is 5. The van der Waals surface area contributed by atoms with E-state index in [1.165, 1.54) is 5.56 Å². The van der Waals surface area contributed by atoms with Gasteiger partial charge in [-0.2, -0.15) is 0 Å². The van der Waals surface area contributed by atoms with E-state index in [2.05, 4.69) is 58.2 Å². The van der Waals surface area contributed by atoms with Gasteiger partial charge in [0.1, 0.15) is 23.7 Å². The number of ether oxygens (including phenoxy) is 2. The highest BCUT2D eigenvalue weighted by molar-refractivity contribution is 14.1. The summed E-state index contributed by atoms with van der Waals surface area (Å²) in [6.07, 6.45) is 0.196. The van der Waals surface area contributed by atoms with Gasteiger partial charge in [-0.05, 0) is 64.9 Å². The number of para-hydroxylation sites is 1. The van der Waals surface area contributed by atoms with Crippen LogP contribution >= 0.6 is 22.6 Å². The molecular weight excluding hydrogens is 529 g/mol. The first-order valence-corrected chi connectivity index (χ1v) is 12.0. The van der Waals surface area contributed by atoms with Crippen LogP contribution in [0, 0.1) is 3.57 Å². The predicted octanol–water partition coefficient (Wildman–Crippen LogP) is 6.01. The highest BCUT2D eigenvalue weighted by Gasteiger charge is 2.12. The van der Waals surface area contributed by atoms with Crippen molar-refractivity contribution >= 4 is 39.5 Å². The van der Waals surface area contributed by atoms with E-state index < -0.39 is 0 Å². The Hall–Kier alpha value is -2.84. The van der Waals surface area contributed by atoms with E-state index in [1.54, 1.807) is 6.92 Å². The summed E-state index contributed by atoms with van der Waals surface area (Å²) in [5, 5.41) is 4.48. The molecule has 0 aliphatic rings. The summed E-state index contributed by atoms with van der Waals surface area (Å²) in [7, 11) is 0. The third-order valence-corrected chi connectivity index (χ3v) is 5.96. The molecule has 0 radical (unpaired) electrons. The lowest BCUT2D eigenvalue weighted by molar-refractivity contribution is -0.142. The van der Waals surface area contributed by atoms with Crippen molar-refractivity contribution < 1.29 is 18.7 Å². The van der Waals surface area contributed by atoms with Crippen LogP contribution < -0.4 is 10.1 Å². The summed E-state index contributed by atoms with van der Waals surface area (Å²) in [5.74, 6) is 1.34. The van der Waals surface area contributed by atoms with Gasteiger partial charge in [0.05, 0.1) is 23.1 Å². The number of furan rings is 1. The first-order chi connectivity index (χ1) is 16.1. The molecule has 0 bridgehead atoms. The van der Waals surface area contributed by atoms with Crippen molar-refractivity contribution in [1.29, 1.82) is 0 Å². The highest BCUT2D eigenvalue weighted by atomic mass is 127. The van der Waals surface area contributed by atoms with Gasteiger partial charge >= 0.3 is 5.97 Å². The van der Waals surface area contributed by atoms with Gasteiger partial charge in [-0.3, -0.25) is 4.79 Å². The van der Waals surface area contributed by atoms with E-state index in [9.17, 15) is 4.79 Å². The lowest BCUT2D eigenvalue weighted by atomic mass is 10.1. The minimum Gasteiger partial charge on any atom is -0.489 e. The molecule has 4 aromatic rings. The van der Waals surface area contributed by atoms with Crippen molar-refractivity contribution in [3.05, 3.63) is 98.8 Å². The molecule has 0 saturated carbocycles. The SMILES string of the molecule is CCOC(=O)Cc1ccccc1OCc1cc(I)c2oc(CNCc3ccccc3)cc2c1. The van der Waals surface area contributed by atoms with Crippen LogP contribution in [-0.4, -0.2) is 12.6 Å². The number of halogens is 1. The first kappa shape index (κ1) is 23.3. The van der Waals surface area contributed by atoms with Gasteiger partial charge < -0.3 is 19.2 Å². The van der Waals surface area contributed by atoms with E-state index in [0.717, 1.165) is 38.0 Å². The van der Waals surface area contributed by atoms with Crippen LogP contribution in [0.1, 0.15) is 29.4 Å². The van der Waals surface area contributed by atoms with Crippen molar-refractivity contribution in [3.8, 4) is 5.75 Å². The highest BCUT2D eigenvalue weighted by Crippen LogP contribution is 2.28. The molecule has 1 heterocycles. The molecule has 0 aliphatic heterocycles. The number of rotatable bonds is 10. The molecule has 6 heteroatoms. The lowest BCUT2D eigenvalue weighted by Crippen LogP contribution is -2.11. The number of carbonyl (C=O) groups is 1. The van der Waals surface area contributed by atoms with Gasteiger partial charge in [0.25, 0.3) is 0 Å². The largest absolute Gasteiger partial charge is 0.489 e. The third kappa shape index (κ3) is 6.36. The molecule has 5 nitrogen and oxygen atoms in total. The summed E-state index contributed by atoms with van der Waals surface area (Å²) in [4.78, 5) is 11.9. The fraction of sp³-hybridized carbons (Fsp3) is 0.222. The van der Waals surface area contributed by atoms with Crippen molar-refractivity contribution in [2.75, 3.05) is 6.61 Å². The maximum atomic E-state index is 11.9. The van der Waals surface area contributed by atoms with Crippen LogP contribution in [-0.2, 0) is 35.6 Å². The molecule has 0 aliphatic carbocycles. The molecule has 170 valence electrons. The summed E-state index contributed by atoms with van der Waals surface area (Å²) < 4.78 is 18.3. The number of esters is 1. The van der Waals surface area contributed by atoms with E-state index in [0.29, 0.717) is 25.5 Å². The van der Waals surface area contributed by atoms with Gasteiger partial charge in [0.15, 0.2) is 0 Å². The average Bonchev–Trinajstić information content (AvgIpc) is 3.23. The van der Waals surface area contributed by atoms with Gasteiger partial charge in [-0.15, -0.1) is 0 Å². The minimum absolute atomic E-state index is 0.196. The van der Waals surface area contributed by atoms with Gasteiger partial charge in [-0.25, -0.2) is 0 Å². The van der Waals surface area contributed by atoms with Gasteiger partial charge in [0, 0.05) is 17.5 Å². The van der Waals surface area contributed by atoms with Gasteiger partial charge in [0.2, 0.25) is 0 Å². The molecule has 0 saturated heterocycles. The van der Waals surface area contributed by atoms with Crippen LogP contribution in [0.25, 0.3) is 11.0 Å². The summed E-state index contributed by atoms with van der Waals surface area (Å²) in [5.41, 5.74) is 3.99. The lowest BCUT2D eigenvalue weighted by Gasteiger charge is -2.11. The molecule has 0 fully saturated rings. The average molecular weight is 555 g/mol. The Morgan fingerprint density at radius 3 is 2.58 bits per heavy atom. The smallest absolute Gasteiger partial charge is 0.310 e. The zero-order chi connectivity index (χ0) is 23.0. The number of carbonyl (C=O) groups excluding carboxylic acids is 1. The maximum Gasteiger partial charge on any atom is 0.310 e. The first-order valence-electron chi connectivity index (χ1n) is 10.9. The molecule has 1 aromatic heterocycles. The molecule has 3 aromatic carbocycles. The van der Waals surface area contributed by atoms with E-state index in [4.69, 9.17) is 13.9 Å². The van der Waals surface area contributed by atoms with Crippen molar-refractivity contribution in [3.63, 3.8) is 0 Å². The Labute approximate surface area is 207 Å². The summed E-state index contributed by atoms with van der Waals surface area (Å²) >= 11 is 2.30. The molecule has 0 atom stereocenters. The molecular formula is C27H26INO4. The number of benzene rings is 3. The number of fused-ring (bicyclic) bond motifs is 1. The Bertz CT molecular complexity index is 1220. The maximum absolute atomic E-state index is 11.9. The Kier molecular flexibility index (Phi) is 8.01. The quantitative estimate of drug-likeness (QED) is 0.192. The van der Waals surface area contributed by atoms with E-state index >= 15 is 0 Å². The standard InChI is InChI=1S/C27H26INO4/c1-2-31-26(30)15-21-10-6-7-11-25(21)32-18-20-12-22-14-23(33-27(22)24(28)13-20)17-29-16-19-8-4-3-5-9-19/h3-14,29H,2,15-18H2,1H3. The molecule has 0 unspecified atom stereocenters. The van der Waals surface area contributed by atoms with Crippen LogP contribution in [0.2, 0.25) is 0 Å². The Morgan fingerprint density at radius 1 is 0.970 bits per heavy atom. The molecule has 33 heavy (non-hydrogen) atoms. The second-order valence-corrected chi connectivity index (χ2v) is 8.84. The fourth-order valence-corrected chi connectivity index (χ4v) is 4.46. The van der Waals surface area contributed by atoms with Crippen molar-refractivity contribution in [2.45, 2.75) is 33.0 Å². The summed E-state index contributed by atoms with van der Waals surface area (Å²) in [6, 6.07) is 24.1. The number of nitrogens with one attached hydrogen (secondary N) is 1.